The third-order valence-electron chi connectivity index (χ3n) is 3.54. The minimum Gasteiger partial charge on any atom is -0.494 e. The second kappa shape index (κ2) is 7.14. The van der Waals surface area contributed by atoms with Crippen molar-refractivity contribution in [2.45, 2.75) is 6.42 Å². The van der Waals surface area contributed by atoms with Crippen molar-refractivity contribution in [1.29, 1.82) is 0 Å². The minimum absolute atomic E-state index is 0.0341. The number of H-pyrrole nitrogens is 1. The fourth-order valence-electron chi connectivity index (χ4n) is 2.36. The van der Waals surface area contributed by atoms with Crippen LogP contribution in [0.5, 0.6) is 17.4 Å². The Hall–Kier alpha value is -3.19. The van der Waals surface area contributed by atoms with Crippen LogP contribution < -0.4 is 10.3 Å². The highest BCUT2D eigenvalue weighted by Crippen LogP contribution is 2.25. The molecule has 3 aromatic rings. The number of hydrogen-bond acceptors (Lipinski definition) is 5. The van der Waals surface area contributed by atoms with Crippen LogP contribution in [0.25, 0.3) is 5.69 Å². The molecule has 3 rings (SSSR count). The predicted molar refractivity (Wildman–Crippen MR) is 95.2 cm³/mol. The summed E-state index contributed by atoms with van der Waals surface area (Å²) in [6.45, 7) is 0. The van der Waals surface area contributed by atoms with Gasteiger partial charge in [0.1, 0.15) is 17.8 Å². The summed E-state index contributed by atoms with van der Waals surface area (Å²) in [7, 11) is 0. The first-order valence-electron chi connectivity index (χ1n) is 7.44. The summed E-state index contributed by atoms with van der Waals surface area (Å²) in [4.78, 5) is 25.0. The molecule has 0 aliphatic rings. The fraction of sp³-hybridized carbons (Fsp3) is 0.0556. The van der Waals surface area contributed by atoms with Gasteiger partial charge in [-0.25, -0.2) is 0 Å². The van der Waals surface area contributed by atoms with E-state index in [1.165, 1.54) is 4.57 Å². The minimum atomic E-state index is -0.574. The maximum Gasteiger partial charge on any atom is 0.259 e. The number of benzene rings is 2. The van der Waals surface area contributed by atoms with Gasteiger partial charge < -0.3 is 14.6 Å². The van der Waals surface area contributed by atoms with Gasteiger partial charge in [-0.2, -0.15) is 0 Å². The van der Waals surface area contributed by atoms with Crippen LogP contribution in [-0.4, -0.2) is 20.9 Å². The highest BCUT2D eigenvalue weighted by Gasteiger charge is 2.13. The summed E-state index contributed by atoms with van der Waals surface area (Å²) in [6.07, 6.45) is 0.348. The molecule has 126 valence electrons. The molecule has 0 bridgehead atoms. The number of hydrogen-bond donors (Lipinski definition) is 2. The second-order valence-electron chi connectivity index (χ2n) is 5.18. The van der Waals surface area contributed by atoms with Crippen LogP contribution in [0.2, 0.25) is 0 Å². The van der Waals surface area contributed by atoms with E-state index in [9.17, 15) is 14.7 Å². The van der Waals surface area contributed by atoms with Crippen LogP contribution in [0.1, 0.15) is 5.56 Å². The van der Waals surface area contributed by atoms with Crippen LogP contribution in [0.4, 0.5) is 0 Å². The first-order chi connectivity index (χ1) is 12.1. The van der Waals surface area contributed by atoms with E-state index >= 15 is 0 Å². The first kappa shape index (κ1) is 16.7. The van der Waals surface area contributed by atoms with Crippen LogP contribution in [0.15, 0.2) is 59.4 Å². The SMILES string of the molecule is O=CCc1c(O)n(-c2ccc(Oc3ccccc3)cc2)c(=S)[nH]c1=O. The molecule has 1 heterocycles. The van der Waals surface area contributed by atoms with Crippen molar-refractivity contribution in [3.63, 3.8) is 0 Å². The van der Waals surface area contributed by atoms with E-state index in [2.05, 4.69) is 4.98 Å². The number of nitrogens with one attached hydrogen (secondary N) is 1. The number of aldehydes is 1. The summed E-state index contributed by atoms with van der Waals surface area (Å²) in [5.41, 5.74) is -0.0746. The fourth-order valence-corrected chi connectivity index (χ4v) is 2.64. The molecule has 1 aromatic heterocycles. The third-order valence-corrected chi connectivity index (χ3v) is 3.83. The van der Waals surface area contributed by atoms with E-state index in [-0.39, 0.29) is 22.6 Å². The number of nitrogens with zero attached hydrogens (tertiary/aromatic N) is 1. The van der Waals surface area contributed by atoms with E-state index in [4.69, 9.17) is 17.0 Å². The van der Waals surface area contributed by atoms with E-state index in [0.717, 1.165) is 0 Å². The number of carbonyl (C=O) groups is 1. The molecule has 25 heavy (non-hydrogen) atoms. The number of rotatable bonds is 5. The van der Waals surface area contributed by atoms with Crippen molar-refractivity contribution in [3.05, 3.63) is 75.3 Å². The smallest absolute Gasteiger partial charge is 0.259 e. The van der Waals surface area contributed by atoms with Gasteiger partial charge in [0, 0.05) is 6.42 Å². The van der Waals surface area contributed by atoms with Crippen LogP contribution in [-0.2, 0) is 11.2 Å². The van der Waals surface area contributed by atoms with Gasteiger partial charge in [0.25, 0.3) is 5.56 Å². The van der Waals surface area contributed by atoms with Crippen LogP contribution >= 0.6 is 12.2 Å². The topological polar surface area (TPSA) is 84.3 Å². The van der Waals surface area contributed by atoms with Gasteiger partial charge in [0.05, 0.1) is 11.3 Å². The number of aromatic nitrogens is 2. The average molecular weight is 354 g/mol. The quantitative estimate of drug-likeness (QED) is 0.543. The first-order valence-corrected chi connectivity index (χ1v) is 7.85. The van der Waals surface area contributed by atoms with Gasteiger partial charge >= 0.3 is 0 Å². The van der Waals surface area contributed by atoms with Gasteiger partial charge in [-0.3, -0.25) is 14.3 Å². The number of ether oxygens (including phenoxy) is 1. The summed E-state index contributed by atoms with van der Waals surface area (Å²) in [6, 6.07) is 16.1. The molecule has 2 N–H and O–H groups in total. The molecule has 0 aliphatic carbocycles. The average Bonchev–Trinajstić information content (AvgIpc) is 2.61. The number of carbonyl (C=O) groups excluding carboxylic acids is 1. The molecular formula is C18H14N2O4S. The van der Waals surface area contributed by atoms with Crippen molar-refractivity contribution < 1.29 is 14.6 Å². The molecule has 0 radical (unpaired) electrons. The molecule has 0 spiro atoms. The monoisotopic (exact) mass is 354 g/mol. The summed E-state index contributed by atoms with van der Waals surface area (Å²) in [5, 5.41) is 10.3. The summed E-state index contributed by atoms with van der Waals surface area (Å²) in [5.74, 6) is 0.961. The van der Waals surface area contributed by atoms with E-state index in [0.29, 0.717) is 23.5 Å². The molecule has 0 fully saturated rings. The molecule has 0 atom stereocenters. The lowest BCUT2D eigenvalue weighted by atomic mass is 10.2. The lowest BCUT2D eigenvalue weighted by molar-refractivity contribution is -0.107. The Bertz CT molecular complexity index is 1010. The number of aromatic hydroxyl groups is 1. The highest BCUT2D eigenvalue weighted by molar-refractivity contribution is 7.71. The van der Waals surface area contributed by atoms with Gasteiger partial charge in [0.2, 0.25) is 5.88 Å². The van der Waals surface area contributed by atoms with Gasteiger partial charge in [-0.1, -0.05) is 18.2 Å². The molecule has 0 saturated carbocycles. The lowest BCUT2D eigenvalue weighted by Crippen LogP contribution is -2.18. The van der Waals surface area contributed by atoms with E-state index < -0.39 is 5.56 Å². The van der Waals surface area contributed by atoms with Crippen molar-refractivity contribution in [3.8, 4) is 23.1 Å². The predicted octanol–water partition coefficient (Wildman–Crippen LogP) is 3.13. The molecule has 0 unspecified atom stereocenters. The Morgan fingerprint density at radius 2 is 1.72 bits per heavy atom. The lowest BCUT2D eigenvalue weighted by Gasteiger charge is -2.12. The summed E-state index contributed by atoms with van der Waals surface area (Å²) < 4.78 is 7.04. The largest absolute Gasteiger partial charge is 0.494 e. The Labute approximate surface area is 148 Å². The molecule has 7 heteroatoms. The van der Waals surface area contributed by atoms with Crippen molar-refractivity contribution in [2.24, 2.45) is 0 Å². The van der Waals surface area contributed by atoms with Crippen molar-refractivity contribution in [1.82, 2.24) is 9.55 Å². The zero-order valence-electron chi connectivity index (χ0n) is 13.0. The van der Waals surface area contributed by atoms with Gasteiger partial charge in [-0.15, -0.1) is 0 Å². The van der Waals surface area contributed by atoms with Crippen LogP contribution in [0.3, 0.4) is 0 Å². The Morgan fingerprint density at radius 1 is 1.08 bits per heavy atom. The Balaban J connectivity index is 1.98. The second-order valence-corrected chi connectivity index (χ2v) is 5.56. The van der Waals surface area contributed by atoms with Gasteiger partial charge in [0.15, 0.2) is 4.77 Å². The highest BCUT2D eigenvalue weighted by atomic mass is 32.1. The normalized spacial score (nSPS) is 10.4. The number of aromatic amines is 1. The molecule has 0 aliphatic heterocycles. The Morgan fingerprint density at radius 3 is 2.36 bits per heavy atom. The molecule has 2 aromatic carbocycles. The molecule has 0 amide bonds. The van der Waals surface area contributed by atoms with E-state index in [1.54, 1.807) is 24.3 Å². The van der Waals surface area contributed by atoms with E-state index in [1.807, 2.05) is 30.3 Å². The van der Waals surface area contributed by atoms with Crippen molar-refractivity contribution in [2.75, 3.05) is 0 Å². The molecule has 0 saturated heterocycles. The third kappa shape index (κ3) is 3.51. The standard InChI is InChI=1S/C18H14N2O4S/c21-11-10-15-16(22)19-18(25)20(17(15)23)12-6-8-14(9-7-12)24-13-4-2-1-3-5-13/h1-9,11,23H,10H2,(H,19,22,25). The zero-order chi connectivity index (χ0) is 17.8. The Kier molecular flexibility index (Phi) is 4.76. The van der Waals surface area contributed by atoms with Crippen molar-refractivity contribution >= 4 is 18.5 Å². The van der Waals surface area contributed by atoms with Gasteiger partial charge in [-0.05, 0) is 48.6 Å². The summed E-state index contributed by atoms with van der Waals surface area (Å²) >= 11 is 5.12. The van der Waals surface area contributed by atoms with Crippen LogP contribution in [0, 0.1) is 4.77 Å². The number of para-hydroxylation sites is 1. The zero-order valence-corrected chi connectivity index (χ0v) is 13.8. The maximum absolute atomic E-state index is 11.8. The maximum atomic E-state index is 11.8. The molecular weight excluding hydrogens is 340 g/mol. The molecule has 6 nitrogen and oxygen atoms in total.